The number of rotatable bonds is 4. The van der Waals surface area contributed by atoms with Crippen molar-refractivity contribution in [2.75, 3.05) is 5.33 Å². The maximum absolute atomic E-state index is 5.95. The molecule has 1 aromatic rings. The van der Waals surface area contributed by atoms with Gasteiger partial charge in [-0.05, 0) is 30.4 Å². The molecule has 15 heavy (non-hydrogen) atoms. The first kappa shape index (κ1) is 11.9. The summed E-state index contributed by atoms with van der Waals surface area (Å²) in [4.78, 5) is 1.44. The van der Waals surface area contributed by atoms with Crippen molar-refractivity contribution in [3.05, 3.63) is 21.3 Å². The molecule has 0 bridgehead atoms. The van der Waals surface area contributed by atoms with Gasteiger partial charge in [-0.1, -0.05) is 53.2 Å². The molecule has 0 aliphatic heterocycles. The van der Waals surface area contributed by atoms with Crippen molar-refractivity contribution in [2.45, 2.75) is 32.1 Å². The van der Waals surface area contributed by atoms with Crippen molar-refractivity contribution in [2.24, 2.45) is 11.8 Å². The smallest absolute Gasteiger partial charge is 0.0931 e. The zero-order valence-electron chi connectivity index (χ0n) is 8.72. The van der Waals surface area contributed by atoms with E-state index < -0.39 is 0 Å². The lowest BCUT2D eigenvalue weighted by molar-refractivity contribution is 0.375. The van der Waals surface area contributed by atoms with Crippen LogP contribution in [0, 0.1) is 11.8 Å². The molecule has 1 unspecified atom stereocenters. The molecule has 2 rings (SSSR count). The van der Waals surface area contributed by atoms with E-state index in [1.54, 1.807) is 11.3 Å². The molecule has 3 heteroatoms. The summed E-state index contributed by atoms with van der Waals surface area (Å²) in [7, 11) is 0. The van der Waals surface area contributed by atoms with E-state index in [9.17, 15) is 0 Å². The van der Waals surface area contributed by atoms with Crippen molar-refractivity contribution in [1.82, 2.24) is 0 Å². The molecular formula is C12H16BrClS. The van der Waals surface area contributed by atoms with Gasteiger partial charge in [-0.15, -0.1) is 11.3 Å². The van der Waals surface area contributed by atoms with Crippen molar-refractivity contribution >= 4 is 38.9 Å². The molecule has 1 heterocycles. The lowest BCUT2D eigenvalue weighted by Crippen LogP contribution is -2.15. The fraction of sp³-hybridized carbons (Fsp3) is 0.667. The number of hydrogen-bond donors (Lipinski definition) is 0. The highest BCUT2D eigenvalue weighted by Crippen LogP contribution is 2.35. The minimum absolute atomic E-state index is 0.808. The molecule has 84 valence electrons. The van der Waals surface area contributed by atoms with E-state index >= 15 is 0 Å². The Labute approximate surface area is 109 Å². The van der Waals surface area contributed by atoms with Gasteiger partial charge >= 0.3 is 0 Å². The molecule has 1 atom stereocenters. The fourth-order valence-electron chi connectivity index (χ4n) is 2.50. The van der Waals surface area contributed by atoms with Crippen molar-refractivity contribution < 1.29 is 0 Å². The predicted molar refractivity (Wildman–Crippen MR) is 72.3 cm³/mol. The summed E-state index contributed by atoms with van der Waals surface area (Å²) in [6, 6.07) is 4.19. The van der Waals surface area contributed by atoms with Gasteiger partial charge in [-0.3, -0.25) is 0 Å². The summed E-state index contributed by atoms with van der Waals surface area (Å²) in [6.45, 7) is 0. The Hall–Kier alpha value is 0.470. The maximum Gasteiger partial charge on any atom is 0.0931 e. The van der Waals surface area contributed by atoms with Crippen LogP contribution in [0.25, 0.3) is 0 Å². The molecule has 0 saturated heterocycles. The van der Waals surface area contributed by atoms with E-state index in [2.05, 4.69) is 22.0 Å². The van der Waals surface area contributed by atoms with Crippen molar-refractivity contribution in [3.63, 3.8) is 0 Å². The zero-order valence-corrected chi connectivity index (χ0v) is 11.9. The molecule has 1 saturated carbocycles. The molecule has 0 N–H and O–H groups in total. The Morgan fingerprint density at radius 1 is 1.40 bits per heavy atom. The van der Waals surface area contributed by atoms with Crippen LogP contribution in [0.15, 0.2) is 12.1 Å². The Balaban J connectivity index is 1.95. The molecule has 1 aliphatic carbocycles. The number of thiophene rings is 1. The van der Waals surface area contributed by atoms with Gasteiger partial charge in [0.2, 0.25) is 0 Å². The average molecular weight is 308 g/mol. The largest absolute Gasteiger partial charge is 0.128 e. The molecule has 1 aromatic heterocycles. The third kappa shape index (κ3) is 3.21. The van der Waals surface area contributed by atoms with E-state index in [4.69, 9.17) is 11.6 Å². The Bertz CT molecular complexity index is 304. The summed E-state index contributed by atoms with van der Waals surface area (Å²) in [5.41, 5.74) is 0. The topological polar surface area (TPSA) is 0 Å². The molecule has 0 amide bonds. The van der Waals surface area contributed by atoms with E-state index in [-0.39, 0.29) is 0 Å². The summed E-state index contributed by atoms with van der Waals surface area (Å²) >= 11 is 11.4. The van der Waals surface area contributed by atoms with E-state index in [1.807, 2.05) is 6.07 Å². The maximum atomic E-state index is 5.95. The molecule has 0 spiro atoms. The van der Waals surface area contributed by atoms with Gasteiger partial charge in [-0.2, -0.15) is 0 Å². The van der Waals surface area contributed by atoms with Crippen LogP contribution in [-0.2, 0) is 6.42 Å². The summed E-state index contributed by atoms with van der Waals surface area (Å²) in [5, 5.41) is 1.13. The van der Waals surface area contributed by atoms with E-state index in [1.165, 1.54) is 37.0 Å². The standard InChI is InChI=1S/C12H16BrClS/c13-8-10(9-3-1-2-4-9)7-11-5-6-12(14)15-11/h5-6,9-10H,1-4,7-8H2. The highest BCUT2D eigenvalue weighted by atomic mass is 79.9. The highest BCUT2D eigenvalue weighted by Gasteiger charge is 2.24. The monoisotopic (exact) mass is 306 g/mol. The number of halogens is 2. The van der Waals surface area contributed by atoms with Gasteiger partial charge in [0.25, 0.3) is 0 Å². The van der Waals surface area contributed by atoms with Gasteiger partial charge < -0.3 is 0 Å². The molecule has 1 fully saturated rings. The van der Waals surface area contributed by atoms with Crippen LogP contribution in [0.4, 0.5) is 0 Å². The molecule has 0 aromatic carbocycles. The molecule has 0 nitrogen and oxygen atoms in total. The van der Waals surface area contributed by atoms with Crippen LogP contribution in [0.3, 0.4) is 0 Å². The second kappa shape index (κ2) is 5.70. The van der Waals surface area contributed by atoms with E-state index in [0.717, 1.165) is 21.5 Å². The van der Waals surface area contributed by atoms with Crippen LogP contribution in [-0.4, -0.2) is 5.33 Å². The lowest BCUT2D eigenvalue weighted by Gasteiger charge is -2.20. The van der Waals surface area contributed by atoms with Crippen LogP contribution in [0.2, 0.25) is 4.34 Å². The molecule has 1 aliphatic rings. The predicted octanol–water partition coefficient (Wildman–Crippen LogP) is 5.15. The Morgan fingerprint density at radius 2 is 2.13 bits per heavy atom. The minimum atomic E-state index is 0.808. The quantitative estimate of drug-likeness (QED) is 0.675. The van der Waals surface area contributed by atoms with Crippen molar-refractivity contribution in [1.29, 1.82) is 0 Å². The first-order valence-corrected chi connectivity index (χ1v) is 7.91. The highest BCUT2D eigenvalue weighted by molar-refractivity contribution is 9.09. The molecule has 0 radical (unpaired) electrons. The average Bonchev–Trinajstić information content (AvgIpc) is 2.85. The minimum Gasteiger partial charge on any atom is -0.128 e. The van der Waals surface area contributed by atoms with Gasteiger partial charge in [0.05, 0.1) is 4.34 Å². The summed E-state index contributed by atoms with van der Waals surface area (Å²) in [6.07, 6.45) is 6.91. The van der Waals surface area contributed by atoms with Gasteiger partial charge in [-0.25, -0.2) is 0 Å². The van der Waals surface area contributed by atoms with Crippen LogP contribution in [0.1, 0.15) is 30.6 Å². The SMILES string of the molecule is Clc1ccc(CC(CBr)C2CCCC2)s1. The van der Waals surface area contributed by atoms with Crippen molar-refractivity contribution in [3.8, 4) is 0 Å². The summed E-state index contributed by atoms with van der Waals surface area (Å²) in [5.74, 6) is 1.74. The molecular weight excluding hydrogens is 292 g/mol. The zero-order chi connectivity index (χ0) is 10.7. The van der Waals surface area contributed by atoms with Gasteiger partial charge in [0, 0.05) is 10.2 Å². The Morgan fingerprint density at radius 3 is 2.67 bits per heavy atom. The second-order valence-corrected chi connectivity index (χ2v) is 6.82. The third-order valence-corrected chi connectivity index (χ3v) is 5.44. The van der Waals surface area contributed by atoms with Crippen LogP contribution < -0.4 is 0 Å². The fourth-order valence-corrected chi connectivity index (χ4v) is 4.43. The van der Waals surface area contributed by atoms with Crippen LogP contribution in [0.5, 0.6) is 0 Å². The first-order valence-electron chi connectivity index (χ1n) is 5.60. The first-order chi connectivity index (χ1) is 7.29. The number of alkyl halides is 1. The second-order valence-electron chi connectivity index (χ2n) is 4.37. The lowest BCUT2D eigenvalue weighted by atomic mass is 9.89. The summed E-state index contributed by atoms with van der Waals surface area (Å²) < 4.78 is 0.921. The normalized spacial score (nSPS) is 19.6. The van der Waals surface area contributed by atoms with Gasteiger partial charge in [0.15, 0.2) is 0 Å². The van der Waals surface area contributed by atoms with Gasteiger partial charge in [0.1, 0.15) is 0 Å². The van der Waals surface area contributed by atoms with E-state index in [0.29, 0.717) is 0 Å². The number of hydrogen-bond acceptors (Lipinski definition) is 1. The Kier molecular flexibility index (Phi) is 4.53. The third-order valence-electron chi connectivity index (χ3n) is 3.36. The van der Waals surface area contributed by atoms with Crippen LogP contribution >= 0.6 is 38.9 Å².